The first-order valence-electron chi connectivity index (χ1n) is 6.58. The summed E-state index contributed by atoms with van der Waals surface area (Å²) >= 11 is 5.60. The Kier molecular flexibility index (Phi) is 8.13. The zero-order valence-corrected chi connectivity index (χ0v) is 12.4. The van der Waals surface area contributed by atoms with Crippen molar-refractivity contribution in [2.45, 2.75) is 20.3 Å². The summed E-state index contributed by atoms with van der Waals surface area (Å²) in [5.41, 5.74) is 0.900. The molecule has 0 aliphatic heterocycles. The van der Waals surface area contributed by atoms with Crippen molar-refractivity contribution in [3.63, 3.8) is 0 Å². The van der Waals surface area contributed by atoms with Gasteiger partial charge < -0.3 is 9.47 Å². The molecule has 1 rings (SSSR count). The van der Waals surface area contributed by atoms with E-state index in [2.05, 4.69) is 25.7 Å². The van der Waals surface area contributed by atoms with Crippen LogP contribution in [0.15, 0.2) is 24.3 Å². The van der Waals surface area contributed by atoms with Crippen LogP contribution < -0.4 is 4.74 Å². The van der Waals surface area contributed by atoms with E-state index in [4.69, 9.17) is 21.1 Å². The molecule has 0 spiro atoms. The SMILES string of the molecule is CC(C)COCCOc1ccccc1C#CCCCl. The lowest BCUT2D eigenvalue weighted by atomic mass is 10.2. The normalized spacial score (nSPS) is 10.1. The van der Waals surface area contributed by atoms with E-state index < -0.39 is 0 Å². The molecule has 19 heavy (non-hydrogen) atoms. The van der Waals surface area contributed by atoms with Gasteiger partial charge in [-0.15, -0.1) is 11.6 Å². The third-order valence-corrected chi connectivity index (χ3v) is 2.46. The van der Waals surface area contributed by atoms with Gasteiger partial charge in [-0.1, -0.05) is 37.8 Å². The van der Waals surface area contributed by atoms with Crippen molar-refractivity contribution in [1.82, 2.24) is 0 Å². The lowest BCUT2D eigenvalue weighted by Gasteiger charge is -2.09. The van der Waals surface area contributed by atoms with E-state index in [1.807, 2.05) is 24.3 Å². The molecule has 0 radical (unpaired) electrons. The maximum atomic E-state index is 5.69. The molecule has 1 aromatic carbocycles. The number of ether oxygens (including phenoxy) is 2. The van der Waals surface area contributed by atoms with Gasteiger partial charge in [0.1, 0.15) is 12.4 Å². The highest BCUT2D eigenvalue weighted by atomic mass is 35.5. The molecule has 0 fully saturated rings. The Morgan fingerprint density at radius 3 is 2.74 bits per heavy atom. The second kappa shape index (κ2) is 9.72. The molecule has 3 heteroatoms. The first-order valence-corrected chi connectivity index (χ1v) is 7.12. The van der Waals surface area contributed by atoms with E-state index in [-0.39, 0.29) is 0 Å². The summed E-state index contributed by atoms with van der Waals surface area (Å²) in [5, 5.41) is 0. The second-order valence-electron chi connectivity index (χ2n) is 4.55. The van der Waals surface area contributed by atoms with Gasteiger partial charge in [0.2, 0.25) is 0 Å². The average Bonchev–Trinajstić information content (AvgIpc) is 2.40. The quantitative estimate of drug-likeness (QED) is 0.431. The van der Waals surface area contributed by atoms with Crippen molar-refractivity contribution < 1.29 is 9.47 Å². The standard InChI is InChI=1S/C16H21ClO2/c1-14(2)13-18-11-12-19-16-9-4-3-7-15(16)8-5-6-10-17/h3-4,7,9,14H,6,10-13H2,1-2H3. The fraction of sp³-hybridized carbons (Fsp3) is 0.500. The molecule has 0 atom stereocenters. The van der Waals surface area contributed by atoms with Crippen LogP contribution in [0.5, 0.6) is 5.75 Å². The van der Waals surface area contributed by atoms with Crippen LogP contribution in [-0.4, -0.2) is 25.7 Å². The number of benzene rings is 1. The smallest absolute Gasteiger partial charge is 0.135 e. The predicted octanol–water partition coefficient (Wildman–Crippen LogP) is 3.72. The van der Waals surface area contributed by atoms with Crippen LogP contribution in [0.3, 0.4) is 0 Å². The van der Waals surface area contributed by atoms with E-state index >= 15 is 0 Å². The van der Waals surface area contributed by atoms with E-state index in [0.29, 0.717) is 31.4 Å². The fourth-order valence-electron chi connectivity index (χ4n) is 1.43. The Morgan fingerprint density at radius 1 is 1.21 bits per heavy atom. The molecule has 104 valence electrons. The van der Waals surface area contributed by atoms with E-state index in [0.717, 1.165) is 17.9 Å². The van der Waals surface area contributed by atoms with Crippen LogP contribution in [0.1, 0.15) is 25.8 Å². The minimum Gasteiger partial charge on any atom is -0.490 e. The maximum absolute atomic E-state index is 5.69. The van der Waals surface area contributed by atoms with Gasteiger partial charge in [0.25, 0.3) is 0 Å². The summed E-state index contributed by atoms with van der Waals surface area (Å²) in [6, 6.07) is 7.77. The Bertz CT molecular complexity index is 418. The van der Waals surface area contributed by atoms with Crippen LogP contribution in [0.4, 0.5) is 0 Å². The summed E-state index contributed by atoms with van der Waals surface area (Å²) < 4.78 is 11.2. The first-order chi connectivity index (χ1) is 9.24. The fourth-order valence-corrected chi connectivity index (χ4v) is 1.52. The average molecular weight is 281 g/mol. The third kappa shape index (κ3) is 7.10. The summed E-state index contributed by atoms with van der Waals surface area (Å²) in [4.78, 5) is 0. The van der Waals surface area contributed by atoms with Crippen LogP contribution in [0.2, 0.25) is 0 Å². The van der Waals surface area contributed by atoms with Gasteiger partial charge >= 0.3 is 0 Å². The lowest BCUT2D eigenvalue weighted by molar-refractivity contribution is 0.0818. The van der Waals surface area contributed by atoms with Crippen molar-refractivity contribution in [2.75, 3.05) is 25.7 Å². The number of hydrogen-bond acceptors (Lipinski definition) is 2. The van der Waals surface area contributed by atoms with Crippen molar-refractivity contribution in [1.29, 1.82) is 0 Å². The van der Waals surface area contributed by atoms with Gasteiger partial charge in [-0.05, 0) is 18.1 Å². The van der Waals surface area contributed by atoms with Crippen LogP contribution in [-0.2, 0) is 4.74 Å². The maximum Gasteiger partial charge on any atom is 0.135 e. The van der Waals surface area contributed by atoms with Gasteiger partial charge in [0.15, 0.2) is 0 Å². The largest absolute Gasteiger partial charge is 0.490 e. The number of hydrogen-bond donors (Lipinski definition) is 0. The summed E-state index contributed by atoms with van der Waals surface area (Å²) in [6.45, 7) is 6.16. The highest BCUT2D eigenvalue weighted by molar-refractivity contribution is 6.18. The van der Waals surface area contributed by atoms with E-state index in [1.54, 1.807) is 0 Å². The van der Waals surface area contributed by atoms with Gasteiger partial charge in [-0.25, -0.2) is 0 Å². The molecule has 0 unspecified atom stereocenters. The van der Waals surface area contributed by atoms with Gasteiger partial charge in [-0.3, -0.25) is 0 Å². The van der Waals surface area contributed by atoms with Crippen molar-refractivity contribution in [3.05, 3.63) is 29.8 Å². The Balaban J connectivity index is 2.43. The zero-order valence-electron chi connectivity index (χ0n) is 11.6. The summed E-state index contributed by atoms with van der Waals surface area (Å²) in [5.74, 6) is 8.00. The Labute approximate surface area is 121 Å². The van der Waals surface area contributed by atoms with Crippen LogP contribution >= 0.6 is 11.6 Å². The minimum atomic E-state index is 0.543. The minimum absolute atomic E-state index is 0.543. The number of rotatable bonds is 7. The van der Waals surface area contributed by atoms with Crippen molar-refractivity contribution in [3.8, 4) is 17.6 Å². The first kappa shape index (κ1) is 15.9. The summed E-state index contributed by atoms with van der Waals surface area (Å²) in [6.07, 6.45) is 0.688. The lowest BCUT2D eigenvalue weighted by Crippen LogP contribution is -2.10. The van der Waals surface area contributed by atoms with Crippen LogP contribution in [0.25, 0.3) is 0 Å². The van der Waals surface area contributed by atoms with Gasteiger partial charge in [0, 0.05) is 18.9 Å². The molecule has 0 aliphatic rings. The second-order valence-corrected chi connectivity index (χ2v) is 4.93. The van der Waals surface area contributed by atoms with Gasteiger partial charge in [-0.2, -0.15) is 0 Å². The van der Waals surface area contributed by atoms with Crippen LogP contribution in [0, 0.1) is 17.8 Å². The molecule has 0 saturated carbocycles. The monoisotopic (exact) mass is 280 g/mol. The molecular weight excluding hydrogens is 260 g/mol. The molecule has 0 N–H and O–H groups in total. The van der Waals surface area contributed by atoms with E-state index in [1.165, 1.54) is 0 Å². The molecule has 0 heterocycles. The molecule has 1 aromatic rings. The summed E-state index contributed by atoms with van der Waals surface area (Å²) in [7, 11) is 0. The Morgan fingerprint density at radius 2 is 2.00 bits per heavy atom. The number of alkyl halides is 1. The molecule has 0 aliphatic carbocycles. The topological polar surface area (TPSA) is 18.5 Å². The Hall–Kier alpha value is -1.17. The van der Waals surface area contributed by atoms with Crippen molar-refractivity contribution >= 4 is 11.6 Å². The van der Waals surface area contributed by atoms with Gasteiger partial charge in [0.05, 0.1) is 12.2 Å². The predicted molar refractivity (Wildman–Crippen MR) is 79.8 cm³/mol. The van der Waals surface area contributed by atoms with Crippen molar-refractivity contribution in [2.24, 2.45) is 5.92 Å². The highest BCUT2D eigenvalue weighted by Gasteiger charge is 2.00. The molecule has 0 bridgehead atoms. The molecule has 0 aromatic heterocycles. The molecule has 0 amide bonds. The molecule has 2 nitrogen and oxygen atoms in total. The zero-order chi connectivity index (χ0) is 13.9. The highest BCUT2D eigenvalue weighted by Crippen LogP contribution is 2.16. The number of halogens is 1. The number of para-hydroxylation sites is 1. The molecular formula is C16H21ClO2. The molecule has 0 saturated heterocycles. The third-order valence-electron chi connectivity index (χ3n) is 2.27. The van der Waals surface area contributed by atoms with E-state index in [9.17, 15) is 0 Å².